The van der Waals surface area contributed by atoms with Crippen molar-refractivity contribution in [1.29, 1.82) is 0 Å². The number of rotatable bonds is 6. The van der Waals surface area contributed by atoms with Crippen LogP contribution in [0.2, 0.25) is 0 Å². The van der Waals surface area contributed by atoms with Gasteiger partial charge in [-0.2, -0.15) is 0 Å². The van der Waals surface area contributed by atoms with Crippen molar-refractivity contribution in [2.45, 2.75) is 52.9 Å². The Morgan fingerprint density at radius 1 is 1.00 bits per heavy atom. The van der Waals surface area contributed by atoms with Crippen molar-refractivity contribution in [1.82, 2.24) is 0 Å². The summed E-state index contributed by atoms with van der Waals surface area (Å²) in [5, 5.41) is 46.8. The van der Waals surface area contributed by atoms with E-state index in [4.69, 9.17) is 9.47 Å². The van der Waals surface area contributed by atoms with Crippen LogP contribution in [0.1, 0.15) is 52.9 Å². The van der Waals surface area contributed by atoms with E-state index in [2.05, 4.69) is 13.8 Å². The van der Waals surface area contributed by atoms with E-state index in [0.717, 1.165) is 18.8 Å². The molecule has 7 atom stereocenters. The van der Waals surface area contributed by atoms with Crippen LogP contribution >= 0.6 is 0 Å². The highest BCUT2D eigenvalue weighted by Crippen LogP contribution is 2.66. The zero-order valence-corrected chi connectivity index (χ0v) is 18.1. The molecule has 0 aromatic carbocycles. The van der Waals surface area contributed by atoms with Gasteiger partial charge in [0.05, 0.1) is 17.8 Å². The molecule has 0 aliphatic heterocycles. The molecule has 0 aromatic rings. The number of aliphatic hydroxyl groups is 1. The van der Waals surface area contributed by atoms with Gasteiger partial charge in [0.1, 0.15) is 0 Å². The molecule has 0 radical (unpaired) electrons. The Bertz CT molecular complexity index is 715. The lowest BCUT2D eigenvalue weighted by Gasteiger charge is -2.48. The average molecular weight is 406 g/mol. The highest BCUT2D eigenvalue weighted by Gasteiger charge is 2.59. The van der Waals surface area contributed by atoms with E-state index in [1.807, 2.05) is 0 Å². The summed E-state index contributed by atoms with van der Waals surface area (Å²) in [4.78, 5) is 0. The van der Waals surface area contributed by atoms with Crippen LogP contribution in [0.5, 0.6) is 0 Å². The van der Waals surface area contributed by atoms with Gasteiger partial charge in [-0.3, -0.25) is 0 Å². The van der Waals surface area contributed by atoms with Gasteiger partial charge >= 0.3 is 0 Å². The van der Waals surface area contributed by atoms with E-state index in [-0.39, 0.29) is 34.5 Å². The lowest BCUT2D eigenvalue weighted by atomic mass is 9.58. The van der Waals surface area contributed by atoms with Crippen LogP contribution < -0.4 is 15.3 Å². The highest BCUT2D eigenvalue weighted by atomic mass is 16.6. The Balaban J connectivity index is 2.10. The Labute approximate surface area is 173 Å². The summed E-state index contributed by atoms with van der Waals surface area (Å²) in [5.41, 5.74) is -0.0918. The number of ether oxygens (including phenoxy) is 2. The largest absolute Gasteiger partial charge is 0.629 e. The molecule has 3 aliphatic rings. The Morgan fingerprint density at radius 2 is 1.66 bits per heavy atom. The van der Waals surface area contributed by atoms with Crippen molar-refractivity contribution in [2.24, 2.45) is 41.4 Å². The van der Waals surface area contributed by atoms with Gasteiger partial charge in [-0.25, -0.2) is 0 Å². The normalized spacial score (nSPS) is 38.6. The van der Waals surface area contributed by atoms with Crippen molar-refractivity contribution in [3.05, 3.63) is 34.6 Å². The number of allylic oxidation sites excluding steroid dienone is 3. The van der Waals surface area contributed by atoms with E-state index >= 15 is 0 Å². The Hall–Kier alpha value is -1.98. The minimum absolute atomic E-state index is 0.129. The second-order valence-corrected chi connectivity index (χ2v) is 8.99. The zero-order chi connectivity index (χ0) is 21.5. The standard InChI is InChI=1S/C23H36O6/c1-6-13-8-7-9-14-16-10-15(19(13)14)11(2)17(16)20(23(27)29-5)18(22(26)28-4)12(3)21(24)25/h11,13-17,19,24-27H,6-10H2,1-5H3/p-3. The first-order valence-corrected chi connectivity index (χ1v) is 10.8. The lowest BCUT2D eigenvalue weighted by molar-refractivity contribution is -0.361. The van der Waals surface area contributed by atoms with Crippen LogP contribution in [0.3, 0.4) is 0 Å². The van der Waals surface area contributed by atoms with Crippen LogP contribution in [0.4, 0.5) is 0 Å². The SMILES string of the molecule is CCC1CCCC2C3CC(C(C)C3C(=C([O-])OC)C(=C([O-])OC)C(C)=C([O-])O)C12. The first kappa shape index (κ1) is 21.7. The van der Waals surface area contributed by atoms with E-state index in [9.17, 15) is 20.4 Å². The van der Waals surface area contributed by atoms with Crippen molar-refractivity contribution >= 4 is 0 Å². The number of fused-ring (bicyclic) bond motifs is 5. The smallest absolute Gasteiger partial charge is 0.0591 e. The number of hydrogen-bond donors (Lipinski definition) is 1. The lowest BCUT2D eigenvalue weighted by Crippen LogP contribution is -2.41. The maximum absolute atomic E-state index is 12.9. The fourth-order valence-electron chi connectivity index (χ4n) is 6.94. The second kappa shape index (κ2) is 8.41. The van der Waals surface area contributed by atoms with E-state index in [1.165, 1.54) is 40.4 Å². The summed E-state index contributed by atoms with van der Waals surface area (Å²) in [6.07, 6.45) is 5.84. The van der Waals surface area contributed by atoms with Crippen LogP contribution in [0.25, 0.3) is 0 Å². The summed E-state index contributed by atoms with van der Waals surface area (Å²) in [5.74, 6) is 0.111. The second-order valence-electron chi connectivity index (χ2n) is 8.99. The molecule has 3 aliphatic carbocycles. The predicted octanol–water partition coefficient (Wildman–Crippen LogP) is 1.92. The monoisotopic (exact) mass is 405 g/mol. The Kier molecular flexibility index (Phi) is 6.30. The summed E-state index contributed by atoms with van der Waals surface area (Å²) in [6.45, 7) is 5.77. The van der Waals surface area contributed by atoms with Gasteiger partial charge in [0, 0.05) is 5.57 Å². The van der Waals surface area contributed by atoms with Crippen molar-refractivity contribution in [2.75, 3.05) is 14.2 Å². The number of hydrogen-bond acceptors (Lipinski definition) is 6. The molecular formula is C23H33O6-3. The minimum Gasteiger partial charge on any atom is -0.629 e. The highest BCUT2D eigenvalue weighted by molar-refractivity contribution is 5.49. The number of aliphatic hydroxyl groups excluding tert-OH is 1. The van der Waals surface area contributed by atoms with Gasteiger partial charge in [0.25, 0.3) is 0 Å². The molecule has 6 nitrogen and oxygen atoms in total. The van der Waals surface area contributed by atoms with Gasteiger partial charge in [-0.1, -0.05) is 33.1 Å². The van der Waals surface area contributed by atoms with Gasteiger partial charge in [-0.05, 0) is 86.6 Å². The van der Waals surface area contributed by atoms with Crippen LogP contribution in [0, 0.1) is 41.4 Å². The third-order valence-electron chi connectivity index (χ3n) is 8.06. The van der Waals surface area contributed by atoms with Crippen LogP contribution in [-0.2, 0) is 9.47 Å². The average Bonchev–Trinajstić information content (AvgIpc) is 3.26. The molecule has 1 N–H and O–H groups in total. The third-order valence-corrected chi connectivity index (χ3v) is 8.06. The molecule has 0 aromatic heterocycles. The van der Waals surface area contributed by atoms with Crippen molar-refractivity contribution in [3.63, 3.8) is 0 Å². The first-order valence-electron chi connectivity index (χ1n) is 10.8. The van der Waals surface area contributed by atoms with Gasteiger partial charge in [-0.15, -0.1) is 0 Å². The van der Waals surface area contributed by atoms with Crippen molar-refractivity contribution < 1.29 is 29.9 Å². The molecule has 3 rings (SSSR count). The first-order chi connectivity index (χ1) is 13.8. The molecule has 0 amide bonds. The molecule has 3 saturated carbocycles. The molecular weight excluding hydrogens is 372 g/mol. The fraction of sp³-hybridized carbons (Fsp3) is 0.739. The van der Waals surface area contributed by atoms with E-state index in [1.54, 1.807) is 0 Å². The molecule has 6 heteroatoms. The summed E-state index contributed by atoms with van der Waals surface area (Å²) < 4.78 is 9.94. The van der Waals surface area contributed by atoms with Gasteiger partial charge < -0.3 is 29.9 Å². The summed E-state index contributed by atoms with van der Waals surface area (Å²) in [7, 11) is 2.49. The quantitative estimate of drug-likeness (QED) is 0.534. The van der Waals surface area contributed by atoms with Gasteiger partial charge in [0.15, 0.2) is 0 Å². The van der Waals surface area contributed by atoms with E-state index < -0.39 is 17.8 Å². The topological polar surface area (TPSA) is 108 Å². The van der Waals surface area contributed by atoms with Crippen molar-refractivity contribution in [3.8, 4) is 0 Å². The van der Waals surface area contributed by atoms with E-state index in [0.29, 0.717) is 17.8 Å². The summed E-state index contributed by atoms with van der Waals surface area (Å²) >= 11 is 0. The molecule has 3 fully saturated rings. The maximum Gasteiger partial charge on any atom is 0.0591 e. The molecule has 0 spiro atoms. The van der Waals surface area contributed by atoms with Gasteiger partial charge in [0.2, 0.25) is 0 Å². The summed E-state index contributed by atoms with van der Waals surface area (Å²) in [6, 6.07) is 0. The third kappa shape index (κ3) is 3.44. The Morgan fingerprint density at radius 3 is 2.21 bits per heavy atom. The number of methoxy groups -OCH3 is 2. The molecule has 29 heavy (non-hydrogen) atoms. The fourth-order valence-corrected chi connectivity index (χ4v) is 6.94. The minimum atomic E-state index is -1.23. The molecule has 2 bridgehead atoms. The molecule has 0 heterocycles. The van der Waals surface area contributed by atoms with Crippen LogP contribution in [0.15, 0.2) is 34.6 Å². The molecule has 7 unspecified atom stereocenters. The molecule has 0 saturated heterocycles. The zero-order valence-electron chi connectivity index (χ0n) is 18.1. The molecule has 164 valence electrons. The maximum atomic E-state index is 12.9. The van der Waals surface area contributed by atoms with Crippen LogP contribution in [-0.4, -0.2) is 19.3 Å². The predicted molar refractivity (Wildman–Crippen MR) is 102 cm³/mol.